The number of non-ortho nitro benzene ring substituents is 1. The molecule has 1 heterocycles. The monoisotopic (exact) mass is 295 g/mol. The fourth-order valence-electron chi connectivity index (χ4n) is 2.43. The molecule has 2 rings (SSSR count). The second-order valence-electron chi connectivity index (χ2n) is 4.74. The zero-order valence-electron chi connectivity index (χ0n) is 11.4. The SMILES string of the molecule is CSCC(C)N1C(=O)CNC1c1cccc([N+](=O)[O-])c1. The lowest BCUT2D eigenvalue weighted by Crippen LogP contribution is -2.39. The molecule has 0 aliphatic carbocycles. The van der Waals surface area contributed by atoms with Gasteiger partial charge in [-0.1, -0.05) is 12.1 Å². The maximum absolute atomic E-state index is 12.0. The molecule has 1 saturated heterocycles. The minimum absolute atomic E-state index is 0.0306. The highest BCUT2D eigenvalue weighted by molar-refractivity contribution is 7.98. The number of carbonyl (C=O) groups is 1. The number of nitrogens with one attached hydrogen (secondary N) is 1. The lowest BCUT2D eigenvalue weighted by Gasteiger charge is -2.30. The molecule has 2 unspecified atom stereocenters. The smallest absolute Gasteiger partial charge is 0.269 e. The quantitative estimate of drug-likeness (QED) is 0.662. The van der Waals surface area contributed by atoms with Gasteiger partial charge >= 0.3 is 0 Å². The molecule has 1 amide bonds. The van der Waals surface area contributed by atoms with Crippen molar-refractivity contribution in [3.63, 3.8) is 0 Å². The van der Waals surface area contributed by atoms with E-state index in [2.05, 4.69) is 5.32 Å². The van der Waals surface area contributed by atoms with Gasteiger partial charge in [-0.05, 0) is 18.7 Å². The Hall–Kier alpha value is -1.60. The molecule has 0 saturated carbocycles. The Morgan fingerprint density at radius 2 is 2.35 bits per heavy atom. The third-order valence-corrected chi connectivity index (χ3v) is 4.11. The maximum Gasteiger partial charge on any atom is 0.269 e. The van der Waals surface area contributed by atoms with E-state index in [1.807, 2.05) is 19.2 Å². The number of hydrogen-bond acceptors (Lipinski definition) is 5. The van der Waals surface area contributed by atoms with Gasteiger partial charge in [0.25, 0.3) is 5.69 Å². The third kappa shape index (κ3) is 2.94. The van der Waals surface area contributed by atoms with Crippen LogP contribution in [0.3, 0.4) is 0 Å². The van der Waals surface area contributed by atoms with Crippen molar-refractivity contribution in [3.8, 4) is 0 Å². The van der Waals surface area contributed by atoms with E-state index in [0.29, 0.717) is 0 Å². The van der Waals surface area contributed by atoms with E-state index in [-0.39, 0.29) is 30.3 Å². The summed E-state index contributed by atoms with van der Waals surface area (Å²) in [5.41, 5.74) is 0.791. The summed E-state index contributed by atoms with van der Waals surface area (Å²) in [7, 11) is 0. The number of amides is 1. The van der Waals surface area contributed by atoms with Crippen LogP contribution in [0.15, 0.2) is 24.3 Å². The normalized spacial score (nSPS) is 20.2. The predicted octanol–water partition coefficient (Wildman–Crippen LogP) is 1.78. The highest BCUT2D eigenvalue weighted by atomic mass is 32.2. The standard InChI is InChI=1S/C13H17N3O3S/c1-9(8-20-2)15-12(17)7-14-13(15)10-4-3-5-11(6-10)16(18)19/h3-6,9,13-14H,7-8H2,1-2H3. The van der Waals surface area contributed by atoms with Crippen LogP contribution in [-0.4, -0.2) is 40.3 Å². The summed E-state index contributed by atoms with van der Waals surface area (Å²) < 4.78 is 0. The van der Waals surface area contributed by atoms with Gasteiger partial charge in [-0.2, -0.15) is 11.8 Å². The van der Waals surface area contributed by atoms with Crippen LogP contribution in [0.5, 0.6) is 0 Å². The Bertz CT molecular complexity index is 523. The van der Waals surface area contributed by atoms with Gasteiger partial charge < -0.3 is 4.90 Å². The highest BCUT2D eigenvalue weighted by Crippen LogP contribution is 2.28. The fourth-order valence-corrected chi connectivity index (χ4v) is 3.07. The molecular formula is C13H17N3O3S. The van der Waals surface area contributed by atoms with Gasteiger partial charge in [-0.25, -0.2) is 0 Å². The Morgan fingerprint density at radius 1 is 1.60 bits per heavy atom. The Labute approximate surface area is 121 Å². The van der Waals surface area contributed by atoms with E-state index in [1.54, 1.807) is 22.7 Å². The molecule has 6 nitrogen and oxygen atoms in total. The molecule has 0 radical (unpaired) electrons. The minimum atomic E-state index is -0.421. The molecule has 1 aliphatic heterocycles. The van der Waals surface area contributed by atoms with Gasteiger partial charge in [0.15, 0.2) is 0 Å². The number of nitro groups is 1. The molecule has 108 valence electrons. The number of nitro benzene ring substituents is 1. The number of thioether (sulfide) groups is 1. The average molecular weight is 295 g/mol. The van der Waals surface area contributed by atoms with Crippen molar-refractivity contribution >= 4 is 23.4 Å². The van der Waals surface area contributed by atoms with Crippen molar-refractivity contribution in [1.82, 2.24) is 10.2 Å². The Morgan fingerprint density at radius 3 is 3.00 bits per heavy atom. The number of carbonyl (C=O) groups excluding carboxylic acids is 1. The minimum Gasteiger partial charge on any atom is -0.318 e. The zero-order valence-corrected chi connectivity index (χ0v) is 12.2. The molecule has 1 N–H and O–H groups in total. The average Bonchev–Trinajstić information content (AvgIpc) is 2.81. The first-order valence-corrected chi connectivity index (χ1v) is 7.72. The first kappa shape index (κ1) is 14.8. The molecule has 1 aliphatic rings. The van der Waals surface area contributed by atoms with Crippen LogP contribution in [0.25, 0.3) is 0 Å². The number of rotatable bonds is 5. The maximum atomic E-state index is 12.0. The summed E-state index contributed by atoms with van der Waals surface area (Å²) in [6, 6.07) is 6.51. The third-order valence-electron chi connectivity index (χ3n) is 3.29. The van der Waals surface area contributed by atoms with E-state index in [9.17, 15) is 14.9 Å². The second kappa shape index (κ2) is 6.23. The number of hydrogen-bond donors (Lipinski definition) is 1. The molecule has 2 atom stereocenters. The van der Waals surface area contributed by atoms with Crippen molar-refractivity contribution in [2.24, 2.45) is 0 Å². The zero-order chi connectivity index (χ0) is 14.7. The van der Waals surface area contributed by atoms with Gasteiger partial charge in [-0.15, -0.1) is 0 Å². The van der Waals surface area contributed by atoms with Gasteiger partial charge in [-0.3, -0.25) is 20.2 Å². The van der Waals surface area contributed by atoms with Crippen molar-refractivity contribution in [2.75, 3.05) is 18.6 Å². The highest BCUT2D eigenvalue weighted by Gasteiger charge is 2.35. The van der Waals surface area contributed by atoms with Crippen LogP contribution in [-0.2, 0) is 4.79 Å². The lowest BCUT2D eigenvalue weighted by atomic mass is 10.1. The number of benzene rings is 1. The first-order valence-electron chi connectivity index (χ1n) is 6.32. The summed E-state index contributed by atoms with van der Waals surface area (Å²) in [5, 5.41) is 14.0. The molecule has 1 aromatic carbocycles. The Kier molecular flexibility index (Phi) is 4.61. The van der Waals surface area contributed by atoms with Crippen LogP contribution in [0.4, 0.5) is 5.69 Å². The fraction of sp³-hybridized carbons (Fsp3) is 0.462. The van der Waals surface area contributed by atoms with Crippen LogP contribution in [0.2, 0.25) is 0 Å². The summed E-state index contributed by atoms with van der Waals surface area (Å²) >= 11 is 1.67. The molecular weight excluding hydrogens is 278 g/mol. The van der Waals surface area contributed by atoms with Gasteiger partial charge in [0.1, 0.15) is 6.17 Å². The van der Waals surface area contributed by atoms with Gasteiger partial charge in [0, 0.05) is 23.9 Å². The molecule has 1 fully saturated rings. The van der Waals surface area contributed by atoms with Crippen molar-refractivity contribution in [1.29, 1.82) is 0 Å². The van der Waals surface area contributed by atoms with Gasteiger partial charge in [0.2, 0.25) is 5.91 Å². The summed E-state index contributed by atoms with van der Waals surface area (Å²) in [6.45, 7) is 2.26. The van der Waals surface area contributed by atoms with Crippen LogP contribution < -0.4 is 5.32 Å². The Balaban J connectivity index is 2.28. The summed E-state index contributed by atoms with van der Waals surface area (Å²) in [5.74, 6) is 0.863. The first-order chi connectivity index (χ1) is 9.54. The van der Waals surface area contributed by atoms with E-state index < -0.39 is 4.92 Å². The largest absolute Gasteiger partial charge is 0.318 e. The van der Waals surface area contributed by atoms with Gasteiger partial charge in [0.05, 0.1) is 11.5 Å². The van der Waals surface area contributed by atoms with Crippen LogP contribution in [0, 0.1) is 10.1 Å². The molecule has 20 heavy (non-hydrogen) atoms. The molecule has 0 spiro atoms. The van der Waals surface area contributed by atoms with Crippen LogP contribution >= 0.6 is 11.8 Å². The van der Waals surface area contributed by atoms with Crippen molar-refractivity contribution < 1.29 is 9.72 Å². The van der Waals surface area contributed by atoms with Crippen LogP contribution in [0.1, 0.15) is 18.7 Å². The van der Waals surface area contributed by atoms with E-state index in [0.717, 1.165) is 11.3 Å². The van der Waals surface area contributed by atoms with E-state index in [4.69, 9.17) is 0 Å². The van der Waals surface area contributed by atoms with E-state index in [1.165, 1.54) is 12.1 Å². The van der Waals surface area contributed by atoms with Crippen molar-refractivity contribution in [2.45, 2.75) is 19.1 Å². The second-order valence-corrected chi connectivity index (χ2v) is 5.65. The number of nitrogens with zero attached hydrogens (tertiary/aromatic N) is 2. The molecule has 1 aromatic rings. The summed E-state index contributed by atoms with van der Waals surface area (Å²) in [4.78, 5) is 24.2. The van der Waals surface area contributed by atoms with Crippen molar-refractivity contribution in [3.05, 3.63) is 39.9 Å². The molecule has 0 bridgehead atoms. The topological polar surface area (TPSA) is 75.5 Å². The van der Waals surface area contributed by atoms with E-state index >= 15 is 0 Å². The lowest BCUT2D eigenvalue weighted by molar-refractivity contribution is -0.385. The summed E-state index contributed by atoms with van der Waals surface area (Å²) in [6.07, 6.45) is 1.71. The predicted molar refractivity (Wildman–Crippen MR) is 78.5 cm³/mol. The molecule has 0 aromatic heterocycles. The molecule has 7 heteroatoms.